The van der Waals surface area contributed by atoms with Gasteiger partial charge in [-0.15, -0.1) is 0 Å². The van der Waals surface area contributed by atoms with Crippen molar-refractivity contribution in [1.82, 2.24) is 5.32 Å². The van der Waals surface area contributed by atoms with Gasteiger partial charge in [0.1, 0.15) is 0 Å². The van der Waals surface area contributed by atoms with Gasteiger partial charge in [0.2, 0.25) is 5.91 Å². The fraction of sp³-hybridized carbons (Fsp3) is 0.875. The molecule has 1 amide bonds. The van der Waals surface area contributed by atoms with Gasteiger partial charge in [0, 0.05) is 12.0 Å². The van der Waals surface area contributed by atoms with Crippen molar-refractivity contribution >= 4 is 5.91 Å². The molecule has 64 valence electrons. The van der Waals surface area contributed by atoms with E-state index in [0.717, 1.165) is 19.3 Å². The van der Waals surface area contributed by atoms with E-state index >= 15 is 0 Å². The van der Waals surface area contributed by atoms with E-state index < -0.39 is 0 Å². The summed E-state index contributed by atoms with van der Waals surface area (Å²) in [5.41, 5.74) is 5.22. The minimum absolute atomic E-state index is 0.112. The summed E-state index contributed by atoms with van der Waals surface area (Å²) >= 11 is 0. The number of nitrogens with two attached hydrogens (primary N) is 1. The van der Waals surface area contributed by atoms with Crippen LogP contribution in [0.4, 0.5) is 0 Å². The molecule has 0 aromatic heterocycles. The zero-order valence-corrected chi connectivity index (χ0v) is 6.97. The highest BCUT2D eigenvalue weighted by atomic mass is 16.1. The van der Waals surface area contributed by atoms with Gasteiger partial charge < -0.3 is 11.1 Å². The minimum Gasteiger partial charge on any atom is -0.369 e. The van der Waals surface area contributed by atoms with Gasteiger partial charge in [-0.1, -0.05) is 6.42 Å². The van der Waals surface area contributed by atoms with Crippen LogP contribution in [0.25, 0.3) is 0 Å². The van der Waals surface area contributed by atoms with Crippen molar-refractivity contribution in [1.29, 1.82) is 0 Å². The summed E-state index contributed by atoms with van der Waals surface area (Å²) in [7, 11) is 1.94. The molecule has 0 bridgehead atoms. The highest BCUT2D eigenvalue weighted by Crippen LogP contribution is 2.23. The molecule has 3 heteroatoms. The maximum absolute atomic E-state index is 10.8. The van der Waals surface area contributed by atoms with E-state index in [4.69, 9.17) is 5.73 Å². The standard InChI is InChI=1S/C8H16N2O/c1-10-7-4-2-3-6(5-7)8(9)11/h6-7,10H,2-5H2,1H3,(H2,9,11). The zero-order chi connectivity index (χ0) is 8.27. The molecule has 0 saturated heterocycles. The van der Waals surface area contributed by atoms with Crippen molar-refractivity contribution in [3.8, 4) is 0 Å². The highest BCUT2D eigenvalue weighted by Gasteiger charge is 2.24. The quantitative estimate of drug-likeness (QED) is 0.602. The molecule has 1 saturated carbocycles. The van der Waals surface area contributed by atoms with Crippen LogP contribution < -0.4 is 11.1 Å². The molecule has 0 aliphatic heterocycles. The molecule has 0 aromatic carbocycles. The van der Waals surface area contributed by atoms with Crippen LogP contribution in [0.1, 0.15) is 25.7 Å². The predicted molar refractivity (Wildman–Crippen MR) is 44.0 cm³/mol. The molecule has 1 rings (SSSR count). The van der Waals surface area contributed by atoms with Gasteiger partial charge in [-0.2, -0.15) is 0 Å². The number of nitrogens with one attached hydrogen (secondary N) is 1. The fourth-order valence-corrected chi connectivity index (χ4v) is 1.71. The topological polar surface area (TPSA) is 55.1 Å². The maximum Gasteiger partial charge on any atom is 0.220 e. The lowest BCUT2D eigenvalue weighted by atomic mass is 9.85. The Balaban J connectivity index is 2.39. The molecule has 0 aromatic rings. The van der Waals surface area contributed by atoms with Crippen molar-refractivity contribution in [2.75, 3.05) is 7.05 Å². The van der Waals surface area contributed by atoms with Crippen LogP contribution in [0.3, 0.4) is 0 Å². The Morgan fingerprint density at radius 3 is 2.82 bits per heavy atom. The van der Waals surface area contributed by atoms with E-state index in [1.54, 1.807) is 0 Å². The van der Waals surface area contributed by atoms with Crippen LogP contribution in [0, 0.1) is 5.92 Å². The molecule has 0 heterocycles. The van der Waals surface area contributed by atoms with E-state index in [1.165, 1.54) is 6.42 Å². The number of carbonyl (C=O) groups excluding carboxylic acids is 1. The second-order valence-corrected chi connectivity index (χ2v) is 3.25. The van der Waals surface area contributed by atoms with Crippen molar-refractivity contribution in [3.63, 3.8) is 0 Å². The van der Waals surface area contributed by atoms with Gasteiger partial charge in [0.15, 0.2) is 0 Å². The molecule has 3 nitrogen and oxygen atoms in total. The second-order valence-electron chi connectivity index (χ2n) is 3.25. The average molecular weight is 156 g/mol. The highest BCUT2D eigenvalue weighted by molar-refractivity contribution is 5.76. The molecular formula is C8H16N2O. The van der Waals surface area contributed by atoms with Crippen LogP contribution in [0.15, 0.2) is 0 Å². The molecule has 1 fully saturated rings. The Bertz CT molecular complexity index is 147. The van der Waals surface area contributed by atoms with Crippen LogP contribution >= 0.6 is 0 Å². The molecule has 11 heavy (non-hydrogen) atoms. The number of rotatable bonds is 2. The van der Waals surface area contributed by atoms with Gasteiger partial charge in [0.25, 0.3) is 0 Å². The number of carbonyl (C=O) groups is 1. The number of hydrogen-bond acceptors (Lipinski definition) is 2. The van der Waals surface area contributed by atoms with E-state index in [9.17, 15) is 4.79 Å². The molecule has 1 aliphatic rings. The Morgan fingerprint density at radius 2 is 2.27 bits per heavy atom. The Labute approximate surface area is 67.3 Å². The number of hydrogen-bond donors (Lipinski definition) is 2. The van der Waals surface area contributed by atoms with E-state index in [2.05, 4.69) is 5.32 Å². The van der Waals surface area contributed by atoms with Gasteiger partial charge in [-0.05, 0) is 26.3 Å². The van der Waals surface area contributed by atoms with Crippen molar-refractivity contribution in [2.24, 2.45) is 11.7 Å². The third-order valence-electron chi connectivity index (χ3n) is 2.48. The Hall–Kier alpha value is -0.570. The van der Waals surface area contributed by atoms with Crippen molar-refractivity contribution < 1.29 is 4.79 Å². The largest absolute Gasteiger partial charge is 0.369 e. The lowest BCUT2D eigenvalue weighted by Gasteiger charge is -2.26. The van der Waals surface area contributed by atoms with Crippen LogP contribution in [0.5, 0.6) is 0 Å². The summed E-state index contributed by atoms with van der Waals surface area (Å²) in [4.78, 5) is 10.8. The van der Waals surface area contributed by atoms with Crippen LogP contribution in [0.2, 0.25) is 0 Å². The molecule has 2 atom stereocenters. The summed E-state index contributed by atoms with van der Waals surface area (Å²) < 4.78 is 0. The van der Waals surface area contributed by atoms with Crippen LogP contribution in [-0.2, 0) is 4.79 Å². The third-order valence-corrected chi connectivity index (χ3v) is 2.48. The number of amides is 1. The van der Waals surface area contributed by atoms with E-state index in [1.807, 2.05) is 7.05 Å². The Kier molecular flexibility index (Phi) is 2.88. The molecule has 2 unspecified atom stereocenters. The SMILES string of the molecule is CNC1CCCC(C(N)=O)C1. The van der Waals surface area contributed by atoms with Crippen LogP contribution in [-0.4, -0.2) is 19.0 Å². The minimum atomic E-state index is -0.134. The van der Waals surface area contributed by atoms with Gasteiger partial charge in [-0.3, -0.25) is 4.79 Å². The summed E-state index contributed by atoms with van der Waals surface area (Å²) in [6, 6.07) is 0.501. The molecule has 1 aliphatic carbocycles. The summed E-state index contributed by atoms with van der Waals surface area (Å²) in [6.45, 7) is 0. The lowest BCUT2D eigenvalue weighted by molar-refractivity contribution is -0.122. The molecule has 0 radical (unpaired) electrons. The third kappa shape index (κ3) is 2.19. The normalized spacial score (nSPS) is 31.7. The maximum atomic E-state index is 10.8. The average Bonchev–Trinajstić information content (AvgIpc) is 2.05. The summed E-state index contributed by atoms with van der Waals surface area (Å²) in [6.07, 6.45) is 4.21. The summed E-state index contributed by atoms with van der Waals surface area (Å²) in [5.74, 6) is -0.0221. The molecule has 3 N–H and O–H groups in total. The first-order valence-electron chi connectivity index (χ1n) is 4.20. The smallest absolute Gasteiger partial charge is 0.220 e. The summed E-state index contributed by atoms with van der Waals surface area (Å²) in [5, 5.41) is 3.18. The monoisotopic (exact) mass is 156 g/mol. The first-order chi connectivity index (χ1) is 5.24. The van der Waals surface area contributed by atoms with Crippen molar-refractivity contribution in [3.05, 3.63) is 0 Å². The molecule has 0 spiro atoms. The fourth-order valence-electron chi connectivity index (χ4n) is 1.71. The van der Waals surface area contributed by atoms with E-state index in [-0.39, 0.29) is 11.8 Å². The lowest BCUT2D eigenvalue weighted by Crippen LogP contribution is -2.36. The van der Waals surface area contributed by atoms with E-state index in [0.29, 0.717) is 6.04 Å². The zero-order valence-electron chi connectivity index (χ0n) is 6.97. The van der Waals surface area contributed by atoms with Gasteiger partial charge in [-0.25, -0.2) is 0 Å². The molecular weight excluding hydrogens is 140 g/mol. The van der Waals surface area contributed by atoms with Crippen molar-refractivity contribution in [2.45, 2.75) is 31.7 Å². The van der Waals surface area contributed by atoms with Gasteiger partial charge in [0.05, 0.1) is 0 Å². The second kappa shape index (κ2) is 3.72. The van der Waals surface area contributed by atoms with Gasteiger partial charge >= 0.3 is 0 Å². The predicted octanol–water partition coefficient (Wildman–Crippen LogP) is 0.250. The first-order valence-corrected chi connectivity index (χ1v) is 4.20. The first kappa shape index (κ1) is 8.53. The number of primary amides is 1. The Morgan fingerprint density at radius 1 is 1.55 bits per heavy atom.